The highest BCUT2D eigenvalue weighted by molar-refractivity contribution is 6.30. The van der Waals surface area contributed by atoms with Crippen molar-refractivity contribution in [2.45, 2.75) is 6.42 Å². The highest BCUT2D eigenvalue weighted by Gasteiger charge is 2.11. The number of ether oxygens (including phenoxy) is 1. The first-order valence-corrected chi connectivity index (χ1v) is 7.94. The Labute approximate surface area is 144 Å². The fraction of sp³-hybridized carbons (Fsp3) is 0.235. The number of nitrogens with zero attached hydrogens (tertiary/aromatic N) is 3. The molecule has 7 heteroatoms. The molecule has 0 radical (unpaired) electrons. The van der Waals surface area contributed by atoms with Crippen LogP contribution in [0.3, 0.4) is 0 Å². The molecule has 1 amide bonds. The first kappa shape index (κ1) is 16.4. The maximum atomic E-state index is 12.1. The summed E-state index contributed by atoms with van der Waals surface area (Å²) in [5.41, 5.74) is 2.02. The van der Waals surface area contributed by atoms with E-state index in [0.717, 1.165) is 12.0 Å². The molecule has 1 aromatic carbocycles. The Morgan fingerprint density at radius 2 is 2.17 bits per heavy atom. The van der Waals surface area contributed by atoms with Gasteiger partial charge in [0.1, 0.15) is 0 Å². The molecule has 0 unspecified atom stereocenters. The molecule has 0 aliphatic heterocycles. The van der Waals surface area contributed by atoms with Crippen LogP contribution in [-0.4, -0.2) is 40.8 Å². The number of carbonyl (C=O) groups excluding carboxylic acids is 1. The Balaban J connectivity index is 1.82. The van der Waals surface area contributed by atoms with Gasteiger partial charge in [-0.2, -0.15) is 0 Å². The van der Waals surface area contributed by atoms with Crippen LogP contribution in [0.15, 0.2) is 42.6 Å². The maximum Gasteiger partial charge on any atom is 0.251 e. The lowest BCUT2D eigenvalue weighted by atomic mass is 10.2. The molecule has 0 atom stereocenters. The quantitative estimate of drug-likeness (QED) is 0.698. The summed E-state index contributed by atoms with van der Waals surface area (Å²) in [6.07, 6.45) is 2.56. The largest absolute Gasteiger partial charge is 0.385 e. The molecule has 3 rings (SSSR count). The number of aromatic nitrogens is 3. The van der Waals surface area contributed by atoms with Crippen molar-refractivity contribution in [2.75, 3.05) is 20.3 Å². The molecule has 2 aromatic heterocycles. The SMILES string of the molecule is COCCCNC(=O)c1ccn2c(-c3cccc(Cl)c3)nnc2c1. The Bertz CT molecular complexity index is 863. The zero-order chi connectivity index (χ0) is 16.9. The molecule has 1 N–H and O–H groups in total. The van der Waals surface area contributed by atoms with Crippen LogP contribution in [0.4, 0.5) is 0 Å². The number of hydrogen-bond acceptors (Lipinski definition) is 4. The van der Waals surface area contributed by atoms with E-state index in [1.54, 1.807) is 31.5 Å². The molecular formula is C17H17ClN4O2. The summed E-state index contributed by atoms with van der Waals surface area (Å²) in [6.45, 7) is 1.19. The number of methoxy groups -OCH3 is 1. The Kier molecular flexibility index (Phi) is 5.08. The molecule has 24 heavy (non-hydrogen) atoms. The molecule has 3 aromatic rings. The second-order valence-electron chi connectivity index (χ2n) is 5.28. The van der Waals surface area contributed by atoms with Gasteiger partial charge in [-0.1, -0.05) is 23.7 Å². The van der Waals surface area contributed by atoms with Crippen molar-refractivity contribution in [2.24, 2.45) is 0 Å². The summed E-state index contributed by atoms with van der Waals surface area (Å²) in [5, 5.41) is 11.8. The fourth-order valence-electron chi connectivity index (χ4n) is 2.38. The summed E-state index contributed by atoms with van der Waals surface area (Å²) in [6, 6.07) is 10.9. The standard InChI is InChI=1S/C17H17ClN4O2/c1-24-9-3-7-19-17(23)13-6-8-22-15(11-13)20-21-16(22)12-4-2-5-14(18)10-12/h2,4-6,8,10-11H,3,7,9H2,1H3,(H,19,23). The first-order chi connectivity index (χ1) is 11.7. The molecule has 0 fully saturated rings. The van der Waals surface area contributed by atoms with E-state index in [-0.39, 0.29) is 5.91 Å². The minimum absolute atomic E-state index is 0.138. The van der Waals surface area contributed by atoms with E-state index in [1.165, 1.54) is 0 Å². The van der Waals surface area contributed by atoms with Crippen molar-refractivity contribution >= 4 is 23.2 Å². The lowest BCUT2D eigenvalue weighted by Gasteiger charge is -2.06. The normalized spacial score (nSPS) is 10.9. The molecular weight excluding hydrogens is 328 g/mol. The van der Waals surface area contributed by atoms with Gasteiger partial charge in [-0.05, 0) is 30.7 Å². The number of pyridine rings is 1. The van der Waals surface area contributed by atoms with Crippen LogP contribution in [0, 0.1) is 0 Å². The molecule has 0 saturated carbocycles. The predicted octanol–water partition coefficient (Wildman–Crippen LogP) is 2.82. The van der Waals surface area contributed by atoms with Gasteiger partial charge < -0.3 is 10.1 Å². The predicted molar refractivity (Wildman–Crippen MR) is 92.3 cm³/mol. The van der Waals surface area contributed by atoms with Crippen LogP contribution in [0.5, 0.6) is 0 Å². The number of halogens is 1. The van der Waals surface area contributed by atoms with Crippen molar-refractivity contribution in [3.63, 3.8) is 0 Å². The summed E-state index contributed by atoms with van der Waals surface area (Å²) in [4.78, 5) is 12.1. The second-order valence-corrected chi connectivity index (χ2v) is 5.72. The van der Waals surface area contributed by atoms with Gasteiger partial charge in [0, 0.05) is 42.6 Å². The number of hydrogen-bond donors (Lipinski definition) is 1. The Morgan fingerprint density at radius 3 is 2.96 bits per heavy atom. The van der Waals surface area contributed by atoms with Crippen molar-refractivity contribution < 1.29 is 9.53 Å². The van der Waals surface area contributed by atoms with E-state index in [1.807, 2.05) is 22.6 Å². The van der Waals surface area contributed by atoms with Gasteiger partial charge in [-0.3, -0.25) is 9.20 Å². The molecule has 0 bridgehead atoms. The van der Waals surface area contributed by atoms with E-state index >= 15 is 0 Å². The highest BCUT2D eigenvalue weighted by Crippen LogP contribution is 2.22. The van der Waals surface area contributed by atoms with Crippen molar-refractivity contribution in [1.29, 1.82) is 0 Å². The average molecular weight is 345 g/mol. The van der Waals surface area contributed by atoms with Gasteiger partial charge in [0.15, 0.2) is 11.5 Å². The third-order valence-corrected chi connectivity index (χ3v) is 3.80. The van der Waals surface area contributed by atoms with E-state index in [0.29, 0.717) is 35.2 Å². The number of rotatable bonds is 6. The van der Waals surface area contributed by atoms with Gasteiger partial charge >= 0.3 is 0 Å². The van der Waals surface area contributed by atoms with Gasteiger partial charge in [0.25, 0.3) is 5.91 Å². The molecule has 2 heterocycles. The molecule has 0 aliphatic rings. The minimum atomic E-state index is -0.138. The van der Waals surface area contributed by atoms with Crippen LogP contribution in [0.1, 0.15) is 16.8 Å². The van der Waals surface area contributed by atoms with Gasteiger partial charge in [0.05, 0.1) is 0 Å². The van der Waals surface area contributed by atoms with E-state index < -0.39 is 0 Å². The number of carbonyl (C=O) groups is 1. The number of fused-ring (bicyclic) bond motifs is 1. The summed E-state index contributed by atoms with van der Waals surface area (Å²) < 4.78 is 6.78. The van der Waals surface area contributed by atoms with Crippen LogP contribution < -0.4 is 5.32 Å². The lowest BCUT2D eigenvalue weighted by molar-refractivity contribution is 0.0948. The number of amides is 1. The van der Waals surface area contributed by atoms with Crippen molar-refractivity contribution in [3.05, 3.63) is 53.2 Å². The third-order valence-electron chi connectivity index (χ3n) is 3.57. The average Bonchev–Trinajstić information content (AvgIpc) is 3.01. The van der Waals surface area contributed by atoms with Crippen molar-refractivity contribution in [1.82, 2.24) is 19.9 Å². The zero-order valence-corrected chi connectivity index (χ0v) is 14.0. The van der Waals surface area contributed by atoms with Gasteiger partial charge in [0.2, 0.25) is 0 Å². The molecule has 0 spiro atoms. The van der Waals surface area contributed by atoms with E-state index in [4.69, 9.17) is 16.3 Å². The number of benzene rings is 1. The summed E-state index contributed by atoms with van der Waals surface area (Å²) >= 11 is 6.03. The molecule has 124 valence electrons. The van der Waals surface area contributed by atoms with Gasteiger partial charge in [-0.15, -0.1) is 10.2 Å². The van der Waals surface area contributed by atoms with E-state index in [2.05, 4.69) is 15.5 Å². The van der Waals surface area contributed by atoms with Crippen molar-refractivity contribution in [3.8, 4) is 11.4 Å². The number of nitrogens with one attached hydrogen (secondary N) is 1. The van der Waals surface area contributed by atoms with Crippen LogP contribution in [0.25, 0.3) is 17.0 Å². The third kappa shape index (κ3) is 3.55. The second kappa shape index (κ2) is 7.42. The maximum absolute atomic E-state index is 12.1. The molecule has 0 aliphatic carbocycles. The topological polar surface area (TPSA) is 68.5 Å². The summed E-state index contributed by atoms with van der Waals surface area (Å²) in [5.74, 6) is 0.542. The molecule has 6 nitrogen and oxygen atoms in total. The zero-order valence-electron chi connectivity index (χ0n) is 13.2. The molecule has 0 saturated heterocycles. The van der Waals surface area contributed by atoms with Crippen LogP contribution in [0.2, 0.25) is 5.02 Å². The van der Waals surface area contributed by atoms with Crippen LogP contribution >= 0.6 is 11.6 Å². The minimum Gasteiger partial charge on any atom is -0.385 e. The monoisotopic (exact) mass is 344 g/mol. The van der Waals surface area contributed by atoms with Crippen LogP contribution in [-0.2, 0) is 4.74 Å². The Hall–Kier alpha value is -2.44. The lowest BCUT2D eigenvalue weighted by Crippen LogP contribution is -2.25. The fourth-order valence-corrected chi connectivity index (χ4v) is 2.57. The smallest absolute Gasteiger partial charge is 0.251 e. The Morgan fingerprint density at radius 1 is 1.29 bits per heavy atom. The highest BCUT2D eigenvalue weighted by atomic mass is 35.5. The van der Waals surface area contributed by atoms with E-state index in [9.17, 15) is 4.79 Å². The summed E-state index contributed by atoms with van der Waals surface area (Å²) in [7, 11) is 1.64. The first-order valence-electron chi connectivity index (χ1n) is 7.57. The van der Waals surface area contributed by atoms with Gasteiger partial charge in [-0.25, -0.2) is 0 Å².